The minimum absolute atomic E-state index is 0.0327. The summed E-state index contributed by atoms with van der Waals surface area (Å²) in [4.78, 5) is 2.75. The second-order valence-electron chi connectivity index (χ2n) is 5.86. The molecule has 5 nitrogen and oxygen atoms in total. The Morgan fingerprint density at radius 2 is 2.00 bits per heavy atom. The number of nitrogens with one attached hydrogen (secondary N) is 2. The van der Waals surface area contributed by atoms with Gasteiger partial charge in [0, 0.05) is 31.7 Å². The van der Waals surface area contributed by atoms with Crippen molar-refractivity contribution in [2.75, 3.05) is 25.0 Å². The molecular formula is C15H23N3O2S. The molecule has 2 aliphatic rings. The first-order valence-electron chi connectivity index (χ1n) is 7.69. The van der Waals surface area contributed by atoms with E-state index in [4.69, 9.17) is 0 Å². The van der Waals surface area contributed by atoms with Crippen molar-refractivity contribution < 1.29 is 8.42 Å². The lowest BCUT2D eigenvalue weighted by Crippen LogP contribution is -2.37. The van der Waals surface area contributed by atoms with Crippen molar-refractivity contribution in [1.82, 2.24) is 9.62 Å². The van der Waals surface area contributed by atoms with E-state index in [2.05, 4.69) is 14.9 Å². The van der Waals surface area contributed by atoms with E-state index in [0.29, 0.717) is 23.2 Å². The number of rotatable bonds is 6. The highest BCUT2D eigenvalue weighted by molar-refractivity contribution is 7.89. The second kappa shape index (κ2) is 5.94. The van der Waals surface area contributed by atoms with Gasteiger partial charge in [0.2, 0.25) is 10.0 Å². The fourth-order valence-corrected chi connectivity index (χ4v) is 4.42. The Morgan fingerprint density at radius 1 is 1.24 bits per heavy atom. The highest BCUT2D eigenvalue weighted by Gasteiger charge is 2.36. The van der Waals surface area contributed by atoms with Gasteiger partial charge in [0.15, 0.2) is 0 Å². The van der Waals surface area contributed by atoms with Gasteiger partial charge in [-0.3, -0.25) is 4.90 Å². The summed E-state index contributed by atoms with van der Waals surface area (Å²) in [6, 6.07) is 7.82. The van der Waals surface area contributed by atoms with Gasteiger partial charge in [-0.1, -0.05) is 12.1 Å². The van der Waals surface area contributed by atoms with Crippen LogP contribution in [-0.2, 0) is 10.0 Å². The zero-order valence-corrected chi connectivity index (χ0v) is 13.2. The maximum atomic E-state index is 12.6. The van der Waals surface area contributed by atoms with E-state index in [-0.39, 0.29) is 6.04 Å². The third-order valence-corrected chi connectivity index (χ3v) is 5.73. The fourth-order valence-electron chi connectivity index (χ4n) is 2.98. The predicted molar refractivity (Wildman–Crippen MR) is 83.9 cm³/mol. The largest absolute Gasteiger partial charge is 0.384 e. The van der Waals surface area contributed by atoms with E-state index in [0.717, 1.165) is 19.5 Å². The Balaban J connectivity index is 1.72. The summed E-state index contributed by atoms with van der Waals surface area (Å²) in [5, 5.41) is 3.11. The van der Waals surface area contributed by atoms with Crippen molar-refractivity contribution in [3.63, 3.8) is 0 Å². The molecule has 116 valence electrons. The minimum Gasteiger partial charge on any atom is -0.384 e. The highest BCUT2D eigenvalue weighted by atomic mass is 32.2. The molecule has 0 radical (unpaired) electrons. The fraction of sp³-hybridized carbons (Fsp3) is 0.600. The van der Waals surface area contributed by atoms with Gasteiger partial charge in [-0.25, -0.2) is 13.1 Å². The molecule has 0 spiro atoms. The van der Waals surface area contributed by atoms with Gasteiger partial charge in [0.25, 0.3) is 0 Å². The van der Waals surface area contributed by atoms with Crippen molar-refractivity contribution in [3.05, 3.63) is 24.3 Å². The molecule has 1 unspecified atom stereocenters. The first kappa shape index (κ1) is 14.8. The van der Waals surface area contributed by atoms with E-state index >= 15 is 0 Å². The molecular weight excluding hydrogens is 286 g/mol. The molecule has 3 rings (SSSR count). The number of likely N-dealkylation sites (tertiary alicyclic amines) is 1. The van der Waals surface area contributed by atoms with Gasteiger partial charge < -0.3 is 5.32 Å². The van der Waals surface area contributed by atoms with Crippen molar-refractivity contribution in [2.45, 2.75) is 43.2 Å². The summed E-state index contributed by atoms with van der Waals surface area (Å²) >= 11 is 0. The van der Waals surface area contributed by atoms with Crippen molar-refractivity contribution >= 4 is 15.7 Å². The quantitative estimate of drug-likeness (QED) is 0.838. The molecule has 6 heteroatoms. The zero-order valence-electron chi connectivity index (χ0n) is 12.4. The van der Waals surface area contributed by atoms with Crippen LogP contribution in [0, 0.1) is 0 Å². The number of nitrogens with zero attached hydrogens (tertiary/aromatic N) is 1. The third kappa shape index (κ3) is 3.39. The summed E-state index contributed by atoms with van der Waals surface area (Å²) in [5.41, 5.74) is 0.671. The average molecular weight is 309 g/mol. The van der Waals surface area contributed by atoms with Gasteiger partial charge in [-0.2, -0.15) is 0 Å². The van der Waals surface area contributed by atoms with Crippen LogP contribution in [0.15, 0.2) is 29.2 Å². The molecule has 1 heterocycles. The van der Waals surface area contributed by atoms with Crippen molar-refractivity contribution in [1.29, 1.82) is 0 Å². The standard InChI is InChI=1S/C15H23N3O2S/c1-2-16-14-5-3-4-6-15(14)21(19,20)17-12-9-10-18(11-12)13-7-8-13/h3-6,12-13,16-17H,2,7-11H2,1H3. The highest BCUT2D eigenvalue weighted by Crippen LogP contribution is 2.30. The monoisotopic (exact) mass is 309 g/mol. The van der Waals surface area contributed by atoms with Gasteiger partial charge in [-0.05, 0) is 38.3 Å². The summed E-state index contributed by atoms with van der Waals surface area (Å²) in [7, 11) is -3.46. The van der Waals surface area contributed by atoms with Crippen LogP contribution in [-0.4, -0.2) is 45.0 Å². The number of para-hydroxylation sites is 1. The van der Waals surface area contributed by atoms with E-state index in [1.54, 1.807) is 12.1 Å². The lowest BCUT2D eigenvalue weighted by molar-refractivity contribution is 0.322. The smallest absolute Gasteiger partial charge is 0.242 e. The first-order chi connectivity index (χ1) is 10.1. The van der Waals surface area contributed by atoms with E-state index in [1.807, 2.05) is 19.1 Å². The Kier molecular flexibility index (Phi) is 4.19. The minimum atomic E-state index is -3.46. The molecule has 1 atom stereocenters. The van der Waals surface area contributed by atoms with Crippen LogP contribution in [0.3, 0.4) is 0 Å². The summed E-state index contributed by atoms with van der Waals surface area (Å²) in [5.74, 6) is 0. The zero-order chi connectivity index (χ0) is 14.9. The molecule has 1 aliphatic heterocycles. The molecule has 21 heavy (non-hydrogen) atoms. The van der Waals surface area contributed by atoms with Crippen LogP contribution in [0.5, 0.6) is 0 Å². The molecule has 1 saturated heterocycles. The van der Waals surface area contributed by atoms with Crippen LogP contribution >= 0.6 is 0 Å². The lowest BCUT2D eigenvalue weighted by atomic mass is 10.3. The maximum absolute atomic E-state index is 12.6. The normalized spacial score (nSPS) is 23.4. The van der Waals surface area contributed by atoms with Crippen molar-refractivity contribution in [2.24, 2.45) is 0 Å². The maximum Gasteiger partial charge on any atom is 0.242 e. The van der Waals surface area contributed by atoms with Gasteiger partial charge in [0.05, 0.1) is 5.69 Å². The molecule has 1 aliphatic carbocycles. The Morgan fingerprint density at radius 3 is 2.71 bits per heavy atom. The summed E-state index contributed by atoms with van der Waals surface area (Å²) in [6.45, 7) is 4.51. The Bertz CT molecular complexity index is 599. The molecule has 0 amide bonds. The third-order valence-electron chi connectivity index (χ3n) is 4.15. The van der Waals surface area contributed by atoms with Gasteiger partial charge in [-0.15, -0.1) is 0 Å². The van der Waals surface area contributed by atoms with E-state index in [9.17, 15) is 8.42 Å². The predicted octanol–water partition coefficient (Wildman–Crippen LogP) is 1.63. The van der Waals surface area contributed by atoms with Crippen molar-refractivity contribution in [3.8, 4) is 0 Å². The lowest BCUT2D eigenvalue weighted by Gasteiger charge is -2.17. The molecule has 1 saturated carbocycles. The number of hydrogen-bond donors (Lipinski definition) is 2. The van der Waals surface area contributed by atoms with Gasteiger partial charge >= 0.3 is 0 Å². The van der Waals surface area contributed by atoms with Crippen LogP contribution < -0.4 is 10.0 Å². The van der Waals surface area contributed by atoms with Crippen LogP contribution in [0.2, 0.25) is 0 Å². The summed E-state index contributed by atoms with van der Waals surface area (Å²) < 4.78 is 28.1. The first-order valence-corrected chi connectivity index (χ1v) is 9.18. The summed E-state index contributed by atoms with van der Waals surface area (Å²) in [6.07, 6.45) is 3.44. The van der Waals surface area contributed by atoms with E-state index in [1.165, 1.54) is 12.8 Å². The molecule has 2 N–H and O–H groups in total. The van der Waals surface area contributed by atoms with Crippen LogP contribution in [0.4, 0.5) is 5.69 Å². The van der Waals surface area contributed by atoms with Crippen LogP contribution in [0.25, 0.3) is 0 Å². The molecule has 0 aromatic heterocycles. The number of sulfonamides is 1. The topological polar surface area (TPSA) is 61.4 Å². The number of hydrogen-bond acceptors (Lipinski definition) is 4. The average Bonchev–Trinajstić information content (AvgIpc) is 3.21. The molecule has 1 aromatic rings. The molecule has 1 aromatic carbocycles. The van der Waals surface area contributed by atoms with Gasteiger partial charge in [0.1, 0.15) is 4.90 Å². The SMILES string of the molecule is CCNc1ccccc1S(=O)(=O)NC1CCN(C2CC2)C1. The number of anilines is 1. The Labute approximate surface area is 126 Å². The van der Waals surface area contributed by atoms with E-state index < -0.39 is 10.0 Å². The second-order valence-corrected chi connectivity index (χ2v) is 7.54. The Hall–Kier alpha value is -1.11. The molecule has 0 bridgehead atoms. The number of benzene rings is 1. The molecule has 2 fully saturated rings. The van der Waals surface area contributed by atoms with Crippen LogP contribution in [0.1, 0.15) is 26.2 Å².